The third-order valence-corrected chi connectivity index (χ3v) is 6.67. The van der Waals surface area contributed by atoms with Crippen molar-refractivity contribution in [2.24, 2.45) is 23.7 Å². The number of carbonyl (C=O) groups is 2. The maximum Gasteiger partial charge on any atom is 0.376 e. The van der Waals surface area contributed by atoms with Crippen LogP contribution >= 0.6 is 0 Å². The van der Waals surface area contributed by atoms with E-state index in [0.29, 0.717) is 18.8 Å². The molecule has 4 bridgehead atoms. The van der Waals surface area contributed by atoms with Crippen molar-refractivity contribution < 1.29 is 37.7 Å². The zero-order chi connectivity index (χ0) is 20.5. The van der Waals surface area contributed by atoms with Crippen molar-refractivity contribution in [3.8, 4) is 0 Å². The Morgan fingerprint density at radius 3 is 2.18 bits per heavy atom. The van der Waals surface area contributed by atoms with E-state index in [4.69, 9.17) is 9.47 Å². The fraction of sp³-hybridized carbons (Fsp3) is 0.900. The molecule has 0 aromatic heterocycles. The fourth-order valence-electron chi connectivity index (χ4n) is 5.66. The number of carbonyl (C=O) groups excluding carboxylic acids is 2. The molecule has 160 valence electrons. The molecule has 0 saturated heterocycles. The normalized spacial score (nSPS) is 34.9. The third kappa shape index (κ3) is 4.48. The maximum absolute atomic E-state index is 12.7. The predicted molar refractivity (Wildman–Crippen MR) is 94.6 cm³/mol. The van der Waals surface area contributed by atoms with Crippen LogP contribution in [0.4, 0.5) is 8.78 Å². The Hall–Kier alpha value is -1.28. The first-order valence-electron chi connectivity index (χ1n) is 10.2. The summed E-state index contributed by atoms with van der Waals surface area (Å²) >= 11 is 0. The molecule has 4 aliphatic rings. The maximum atomic E-state index is 12.7. The highest BCUT2D eigenvalue weighted by Crippen LogP contribution is 2.60. The number of esters is 2. The Labute approximate surface area is 163 Å². The molecule has 0 radical (unpaired) electrons. The number of rotatable bonds is 9. The van der Waals surface area contributed by atoms with E-state index in [9.17, 15) is 23.5 Å². The molecule has 0 aliphatic heterocycles. The second-order valence-electron chi connectivity index (χ2n) is 8.74. The Bertz CT molecular complexity index is 560. The molecule has 28 heavy (non-hydrogen) atoms. The van der Waals surface area contributed by atoms with Crippen LogP contribution in [0.2, 0.25) is 0 Å². The lowest BCUT2D eigenvalue weighted by Gasteiger charge is -2.60. The van der Waals surface area contributed by atoms with E-state index in [1.807, 2.05) is 0 Å². The van der Waals surface area contributed by atoms with Crippen molar-refractivity contribution in [2.45, 2.75) is 70.0 Å². The molecule has 0 spiro atoms. The highest BCUT2D eigenvalue weighted by Gasteiger charge is 2.58. The topological polar surface area (TPSA) is 82.1 Å². The van der Waals surface area contributed by atoms with Crippen LogP contribution in [0.1, 0.15) is 52.4 Å². The molecule has 0 heterocycles. The van der Waals surface area contributed by atoms with Crippen LogP contribution in [0.3, 0.4) is 0 Å². The van der Waals surface area contributed by atoms with Gasteiger partial charge in [-0.3, -0.25) is 0 Å². The van der Waals surface area contributed by atoms with Crippen molar-refractivity contribution in [1.82, 2.24) is 0 Å². The summed E-state index contributed by atoms with van der Waals surface area (Å²) < 4.78 is 40.8. The molecule has 8 heteroatoms. The van der Waals surface area contributed by atoms with Crippen molar-refractivity contribution in [3.05, 3.63) is 0 Å². The standard InChI is InChI=1S/C20H30F2O6/c1-3-20(14-5-12-4-13(7-14)8-15(20)6-12)28-17(24)11-26-9-16(23)10-27-18(25)19(2,21)22/h12-16,23H,3-11H2,1-2H3. The lowest BCUT2D eigenvalue weighted by Crippen LogP contribution is -2.59. The molecule has 0 amide bonds. The number of aliphatic hydroxyl groups is 1. The monoisotopic (exact) mass is 404 g/mol. The number of hydrogen-bond donors (Lipinski definition) is 1. The van der Waals surface area contributed by atoms with Crippen LogP contribution < -0.4 is 0 Å². The number of alkyl halides is 2. The van der Waals surface area contributed by atoms with E-state index in [0.717, 1.165) is 43.9 Å². The van der Waals surface area contributed by atoms with Crippen molar-refractivity contribution in [3.63, 3.8) is 0 Å². The second-order valence-corrected chi connectivity index (χ2v) is 8.74. The molecule has 1 atom stereocenters. The van der Waals surface area contributed by atoms with Gasteiger partial charge in [-0.2, -0.15) is 8.78 Å². The van der Waals surface area contributed by atoms with Crippen LogP contribution in [0.5, 0.6) is 0 Å². The van der Waals surface area contributed by atoms with Crippen LogP contribution in [0.25, 0.3) is 0 Å². The number of aliphatic hydroxyl groups excluding tert-OH is 1. The van der Waals surface area contributed by atoms with E-state index in [2.05, 4.69) is 11.7 Å². The average molecular weight is 404 g/mol. The SMILES string of the molecule is CCC1(OC(=O)COCC(O)COC(=O)C(C)(F)F)C2CC3CC(C2)CC1C3. The van der Waals surface area contributed by atoms with Gasteiger partial charge < -0.3 is 19.3 Å². The quantitative estimate of drug-likeness (QED) is 0.595. The summed E-state index contributed by atoms with van der Waals surface area (Å²) in [6.07, 6.45) is 5.32. The molecule has 0 aromatic carbocycles. The molecule has 4 saturated carbocycles. The Kier molecular flexibility index (Phi) is 6.29. The summed E-state index contributed by atoms with van der Waals surface area (Å²) in [5.41, 5.74) is -0.408. The molecule has 6 nitrogen and oxygen atoms in total. The first-order valence-corrected chi connectivity index (χ1v) is 10.2. The molecule has 4 aliphatic carbocycles. The third-order valence-electron chi connectivity index (χ3n) is 6.67. The van der Waals surface area contributed by atoms with E-state index in [1.54, 1.807) is 0 Å². The van der Waals surface area contributed by atoms with Gasteiger partial charge in [-0.1, -0.05) is 6.92 Å². The lowest BCUT2D eigenvalue weighted by atomic mass is 9.49. The average Bonchev–Trinajstić information content (AvgIpc) is 2.61. The van der Waals surface area contributed by atoms with Crippen molar-refractivity contribution >= 4 is 11.9 Å². The number of halogens is 2. The van der Waals surface area contributed by atoms with E-state index >= 15 is 0 Å². The molecule has 1 N–H and O–H groups in total. The Morgan fingerprint density at radius 2 is 1.68 bits per heavy atom. The van der Waals surface area contributed by atoms with Gasteiger partial charge in [0, 0.05) is 6.92 Å². The zero-order valence-electron chi connectivity index (χ0n) is 16.5. The minimum atomic E-state index is -3.61. The van der Waals surface area contributed by atoms with Gasteiger partial charge in [-0.15, -0.1) is 0 Å². The van der Waals surface area contributed by atoms with Gasteiger partial charge in [0.25, 0.3) is 0 Å². The van der Waals surface area contributed by atoms with Gasteiger partial charge in [0.2, 0.25) is 0 Å². The molecular weight excluding hydrogens is 374 g/mol. The van der Waals surface area contributed by atoms with Gasteiger partial charge >= 0.3 is 17.9 Å². The van der Waals surface area contributed by atoms with Crippen LogP contribution in [-0.2, 0) is 23.8 Å². The summed E-state index contributed by atoms with van der Waals surface area (Å²) in [4.78, 5) is 23.3. The fourth-order valence-corrected chi connectivity index (χ4v) is 5.66. The van der Waals surface area contributed by atoms with Crippen molar-refractivity contribution in [1.29, 1.82) is 0 Å². The summed E-state index contributed by atoms with van der Waals surface area (Å²) in [6, 6.07) is 0. The molecule has 4 rings (SSSR count). The van der Waals surface area contributed by atoms with E-state index < -0.39 is 36.2 Å². The first kappa shape index (κ1) is 21.4. The number of hydrogen-bond acceptors (Lipinski definition) is 6. The highest BCUT2D eigenvalue weighted by molar-refractivity contribution is 5.76. The minimum Gasteiger partial charge on any atom is -0.458 e. The lowest BCUT2D eigenvalue weighted by molar-refractivity contribution is -0.214. The molecule has 4 fully saturated rings. The van der Waals surface area contributed by atoms with Gasteiger partial charge in [-0.25, -0.2) is 9.59 Å². The summed E-state index contributed by atoms with van der Waals surface area (Å²) in [6.45, 7) is 1.22. The zero-order valence-corrected chi connectivity index (χ0v) is 16.5. The van der Waals surface area contributed by atoms with Crippen LogP contribution in [0.15, 0.2) is 0 Å². The summed E-state index contributed by atoms with van der Waals surface area (Å²) in [5.74, 6) is -3.43. The van der Waals surface area contributed by atoms with Crippen molar-refractivity contribution in [2.75, 3.05) is 19.8 Å². The van der Waals surface area contributed by atoms with Crippen LogP contribution in [0, 0.1) is 23.7 Å². The molecule has 0 aromatic rings. The minimum absolute atomic E-state index is 0.312. The van der Waals surface area contributed by atoms with Gasteiger partial charge in [0.1, 0.15) is 24.9 Å². The largest absolute Gasteiger partial charge is 0.458 e. The Balaban J connectivity index is 1.42. The smallest absolute Gasteiger partial charge is 0.376 e. The van der Waals surface area contributed by atoms with E-state index in [-0.39, 0.29) is 13.2 Å². The molecular formula is C20H30F2O6. The van der Waals surface area contributed by atoms with E-state index in [1.165, 1.54) is 6.42 Å². The Morgan fingerprint density at radius 1 is 1.11 bits per heavy atom. The summed E-state index contributed by atoms with van der Waals surface area (Å²) in [7, 11) is 0. The van der Waals surface area contributed by atoms with Crippen LogP contribution in [-0.4, -0.2) is 54.5 Å². The first-order chi connectivity index (χ1) is 13.1. The highest BCUT2D eigenvalue weighted by atomic mass is 19.3. The second kappa shape index (κ2) is 8.22. The predicted octanol–water partition coefficient (Wildman–Crippen LogP) is 2.71. The van der Waals surface area contributed by atoms with Gasteiger partial charge in [0.05, 0.1) is 6.61 Å². The summed E-state index contributed by atoms with van der Waals surface area (Å²) in [5, 5.41) is 9.66. The number of ether oxygens (including phenoxy) is 3. The molecule has 1 unspecified atom stereocenters. The van der Waals surface area contributed by atoms with Gasteiger partial charge in [-0.05, 0) is 62.2 Å². The van der Waals surface area contributed by atoms with Gasteiger partial charge in [0.15, 0.2) is 0 Å².